The molecule has 1 N–H and O–H groups in total. The highest BCUT2D eigenvalue weighted by molar-refractivity contribution is 9.10. The maximum absolute atomic E-state index is 10.9. The van der Waals surface area contributed by atoms with Gasteiger partial charge in [0, 0.05) is 11.4 Å². The molecule has 1 rings (SSSR count). The summed E-state index contributed by atoms with van der Waals surface area (Å²) in [6.07, 6.45) is 1.00. The molecule has 0 aliphatic carbocycles. The largest absolute Gasteiger partial charge is 0.325 e. The Bertz CT molecular complexity index is 361. The summed E-state index contributed by atoms with van der Waals surface area (Å²) in [5.74, 6) is -0.0469. The van der Waals surface area contributed by atoms with Crippen molar-refractivity contribution in [3.8, 4) is 0 Å². The molecule has 3 heteroatoms. The van der Waals surface area contributed by atoms with Crippen LogP contribution in [-0.2, 0) is 11.2 Å². The number of anilines is 1. The maximum Gasteiger partial charge on any atom is 0.221 e. The van der Waals surface area contributed by atoms with Gasteiger partial charge in [-0.15, -0.1) is 0 Å². The van der Waals surface area contributed by atoms with Crippen molar-refractivity contribution >= 4 is 27.5 Å². The molecular formula is C11H14BrNO. The molecule has 0 aliphatic rings. The van der Waals surface area contributed by atoms with Crippen LogP contribution >= 0.6 is 15.9 Å². The molecule has 1 aromatic rings. The average Bonchev–Trinajstić information content (AvgIpc) is 2.10. The number of carbonyl (C=O) groups is 1. The number of hydrogen-bond acceptors (Lipinski definition) is 1. The minimum atomic E-state index is -0.0469. The second-order valence-corrected chi connectivity index (χ2v) is 4.15. The lowest BCUT2D eigenvalue weighted by molar-refractivity contribution is -0.114. The molecule has 0 saturated carbocycles. The topological polar surface area (TPSA) is 29.1 Å². The number of amides is 1. The van der Waals surface area contributed by atoms with Gasteiger partial charge in [-0.05, 0) is 52.5 Å². The lowest BCUT2D eigenvalue weighted by Gasteiger charge is -2.09. The molecule has 0 fully saturated rings. The van der Waals surface area contributed by atoms with E-state index in [0.717, 1.165) is 16.6 Å². The fraction of sp³-hybridized carbons (Fsp3) is 0.364. The molecule has 2 nitrogen and oxygen atoms in total. The maximum atomic E-state index is 10.9. The zero-order valence-corrected chi connectivity index (χ0v) is 10.2. The normalized spacial score (nSPS) is 10.0. The first-order chi connectivity index (χ1) is 6.54. The lowest BCUT2D eigenvalue weighted by atomic mass is 10.1. The highest BCUT2D eigenvalue weighted by Gasteiger charge is 2.05. The quantitative estimate of drug-likeness (QED) is 0.864. The van der Waals surface area contributed by atoms with Gasteiger partial charge in [0.25, 0.3) is 0 Å². The Morgan fingerprint density at radius 1 is 1.50 bits per heavy atom. The molecule has 0 aromatic heterocycles. The Morgan fingerprint density at radius 2 is 2.14 bits per heavy atom. The zero-order chi connectivity index (χ0) is 10.7. The SMILES string of the molecule is CCc1cc(Br)c(NC(C)=O)cc1C. The predicted octanol–water partition coefficient (Wildman–Crippen LogP) is 3.28. The molecule has 1 amide bonds. The summed E-state index contributed by atoms with van der Waals surface area (Å²) in [6, 6.07) is 4.05. The molecule has 0 saturated heterocycles. The zero-order valence-electron chi connectivity index (χ0n) is 8.65. The van der Waals surface area contributed by atoms with E-state index in [1.54, 1.807) is 0 Å². The second-order valence-electron chi connectivity index (χ2n) is 3.29. The number of nitrogens with one attached hydrogen (secondary N) is 1. The van der Waals surface area contributed by atoms with Crippen molar-refractivity contribution in [2.24, 2.45) is 0 Å². The van der Waals surface area contributed by atoms with E-state index in [2.05, 4.69) is 41.2 Å². The van der Waals surface area contributed by atoms with Crippen molar-refractivity contribution in [2.45, 2.75) is 27.2 Å². The number of hydrogen-bond donors (Lipinski definition) is 1. The second kappa shape index (κ2) is 4.60. The van der Waals surface area contributed by atoms with E-state index in [1.165, 1.54) is 18.1 Å². The van der Waals surface area contributed by atoms with E-state index in [1.807, 2.05) is 6.07 Å². The summed E-state index contributed by atoms with van der Waals surface area (Å²) >= 11 is 3.44. The average molecular weight is 256 g/mol. The molecule has 0 bridgehead atoms. The van der Waals surface area contributed by atoms with Crippen molar-refractivity contribution in [3.63, 3.8) is 0 Å². The summed E-state index contributed by atoms with van der Waals surface area (Å²) in [4.78, 5) is 10.9. The van der Waals surface area contributed by atoms with Crippen molar-refractivity contribution in [1.82, 2.24) is 0 Å². The van der Waals surface area contributed by atoms with Gasteiger partial charge in [-0.1, -0.05) is 6.92 Å². The van der Waals surface area contributed by atoms with E-state index in [0.29, 0.717) is 0 Å². The number of rotatable bonds is 2. The highest BCUT2D eigenvalue weighted by Crippen LogP contribution is 2.26. The van der Waals surface area contributed by atoms with Crippen molar-refractivity contribution < 1.29 is 4.79 Å². The summed E-state index contributed by atoms with van der Waals surface area (Å²) in [7, 11) is 0. The van der Waals surface area contributed by atoms with Gasteiger partial charge in [-0.25, -0.2) is 0 Å². The van der Waals surface area contributed by atoms with Crippen molar-refractivity contribution in [3.05, 3.63) is 27.7 Å². The van der Waals surface area contributed by atoms with Crippen LogP contribution in [0.2, 0.25) is 0 Å². The van der Waals surface area contributed by atoms with Gasteiger partial charge in [0.2, 0.25) is 5.91 Å². The Labute approximate surface area is 92.8 Å². The van der Waals surface area contributed by atoms with E-state index < -0.39 is 0 Å². The molecule has 0 spiro atoms. The van der Waals surface area contributed by atoms with Crippen LogP contribution in [0.15, 0.2) is 16.6 Å². The van der Waals surface area contributed by atoms with Crippen LogP contribution in [0.3, 0.4) is 0 Å². The van der Waals surface area contributed by atoms with Gasteiger partial charge in [0.1, 0.15) is 0 Å². The van der Waals surface area contributed by atoms with Crippen LogP contribution in [-0.4, -0.2) is 5.91 Å². The van der Waals surface area contributed by atoms with Crippen LogP contribution in [0.5, 0.6) is 0 Å². The minimum Gasteiger partial charge on any atom is -0.325 e. The molecule has 14 heavy (non-hydrogen) atoms. The Kier molecular flexibility index (Phi) is 3.69. The lowest BCUT2D eigenvalue weighted by Crippen LogP contribution is -2.07. The first kappa shape index (κ1) is 11.2. The Morgan fingerprint density at radius 3 is 2.64 bits per heavy atom. The molecule has 0 atom stereocenters. The first-order valence-corrected chi connectivity index (χ1v) is 5.40. The summed E-state index contributed by atoms with van der Waals surface area (Å²) < 4.78 is 0.940. The van der Waals surface area contributed by atoms with Crippen molar-refractivity contribution in [2.75, 3.05) is 5.32 Å². The molecule has 0 radical (unpaired) electrons. The predicted molar refractivity (Wildman–Crippen MR) is 62.6 cm³/mol. The van der Waals surface area contributed by atoms with E-state index >= 15 is 0 Å². The van der Waals surface area contributed by atoms with Gasteiger partial charge < -0.3 is 5.32 Å². The summed E-state index contributed by atoms with van der Waals surface area (Å²) in [5.41, 5.74) is 3.35. The molecule has 0 aliphatic heterocycles. The first-order valence-electron chi connectivity index (χ1n) is 4.61. The van der Waals surface area contributed by atoms with Crippen molar-refractivity contribution in [1.29, 1.82) is 0 Å². The van der Waals surface area contributed by atoms with E-state index in [-0.39, 0.29) is 5.91 Å². The molecule has 76 valence electrons. The van der Waals surface area contributed by atoms with Gasteiger partial charge >= 0.3 is 0 Å². The third-order valence-corrected chi connectivity index (χ3v) is 2.77. The number of benzene rings is 1. The third-order valence-electron chi connectivity index (χ3n) is 2.12. The summed E-state index contributed by atoms with van der Waals surface area (Å²) in [6.45, 7) is 5.68. The fourth-order valence-electron chi connectivity index (χ4n) is 1.39. The highest BCUT2D eigenvalue weighted by atomic mass is 79.9. The van der Waals surface area contributed by atoms with Gasteiger partial charge in [0.05, 0.1) is 5.69 Å². The number of carbonyl (C=O) groups excluding carboxylic acids is 1. The van der Waals surface area contributed by atoms with E-state index in [9.17, 15) is 4.79 Å². The number of halogens is 1. The smallest absolute Gasteiger partial charge is 0.221 e. The minimum absolute atomic E-state index is 0.0469. The molecule has 0 heterocycles. The van der Waals surface area contributed by atoms with Crippen LogP contribution < -0.4 is 5.32 Å². The third kappa shape index (κ3) is 2.58. The Balaban J connectivity index is 3.08. The fourth-order valence-corrected chi connectivity index (χ4v) is 1.88. The number of aryl methyl sites for hydroxylation is 2. The van der Waals surface area contributed by atoms with Crippen LogP contribution in [0.4, 0.5) is 5.69 Å². The van der Waals surface area contributed by atoms with Crippen LogP contribution in [0.25, 0.3) is 0 Å². The Hall–Kier alpha value is -0.830. The standard InChI is InChI=1S/C11H14BrNO/c1-4-9-6-10(12)11(5-7(9)2)13-8(3)14/h5-6H,4H2,1-3H3,(H,13,14). The van der Waals surface area contributed by atoms with Crippen LogP contribution in [0, 0.1) is 6.92 Å². The molecular weight excluding hydrogens is 242 g/mol. The monoisotopic (exact) mass is 255 g/mol. The van der Waals surface area contributed by atoms with Gasteiger partial charge in [0.15, 0.2) is 0 Å². The molecule has 0 unspecified atom stereocenters. The van der Waals surface area contributed by atoms with Gasteiger partial charge in [-0.2, -0.15) is 0 Å². The summed E-state index contributed by atoms with van der Waals surface area (Å²) in [5, 5.41) is 2.78. The van der Waals surface area contributed by atoms with Crippen LogP contribution in [0.1, 0.15) is 25.0 Å². The molecule has 1 aromatic carbocycles. The van der Waals surface area contributed by atoms with Gasteiger partial charge in [-0.3, -0.25) is 4.79 Å². The van der Waals surface area contributed by atoms with E-state index in [4.69, 9.17) is 0 Å².